The fourth-order valence-corrected chi connectivity index (χ4v) is 2.64. The van der Waals surface area contributed by atoms with Crippen molar-refractivity contribution < 1.29 is 28.2 Å². The minimum absolute atomic E-state index is 0.00426. The van der Waals surface area contributed by atoms with E-state index >= 15 is 0 Å². The molecule has 0 bridgehead atoms. The lowest BCUT2D eigenvalue weighted by atomic mass is 10.2. The molecule has 1 N–H and O–H groups in total. The molecular weight excluding hydrogens is 374 g/mol. The van der Waals surface area contributed by atoms with E-state index in [4.69, 9.17) is 5.11 Å². The third-order valence-corrected chi connectivity index (χ3v) is 3.87. The van der Waals surface area contributed by atoms with E-state index in [0.717, 1.165) is 0 Å². The van der Waals surface area contributed by atoms with Crippen LogP contribution in [0.2, 0.25) is 0 Å². The summed E-state index contributed by atoms with van der Waals surface area (Å²) < 4.78 is 30.2. The normalized spacial score (nSPS) is 11.1. The van der Waals surface area contributed by atoms with Gasteiger partial charge in [0.15, 0.2) is 5.69 Å². The molecule has 0 saturated carbocycles. The van der Waals surface area contributed by atoms with Crippen LogP contribution in [0.4, 0.5) is 8.78 Å². The van der Waals surface area contributed by atoms with Crippen LogP contribution in [0.3, 0.4) is 0 Å². The molecule has 0 aliphatic heterocycles. The highest BCUT2D eigenvalue weighted by Crippen LogP contribution is 2.19. The highest BCUT2D eigenvalue weighted by molar-refractivity contribution is 5.93. The van der Waals surface area contributed by atoms with Crippen LogP contribution in [0.1, 0.15) is 36.5 Å². The van der Waals surface area contributed by atoms with Crippen molar-refractivity contribution in [3.05, 3.63) is 35.7 Å². The molecule has 0 fully saturated rings. The molecule has 1 amide bonds. The number of aliphatic carboxylic acids is 1. The highest BCUT2D eigenvalue weighted by Gasteiger charge is 2.24. The van der Waals surface area contributed by atoms with Gasteiger partial charge in [-0.1, -0.05) is 19.1 Å². The summed E-state index contributed by atoms with van der Waals surface area (Å²) in [6.45, 7) is 3.04. The number of nitrogens with zero attached hydrogens (tertiary/aromatic N) is 4. The number of aromatic nitrogens is 3. The Labute approximate surface area is 160 Å². The van der Waals surface area contributed by atoms with Gasteiger partial charge in [0.1, 0.15) is 5.75 Å². The van der Waals surface area contributed by atoms with E-state index in [2.05, 4.69) is 15.0 Å². The van der Waals surface area contributed by atoms with Gasteiger partial charge in [0.25, 0.3) is 5.91 Å². The summed E-state index contributed by atoms with van der Waals surface area (Å²) >= 11 is 0. The largest absolute Gasteiger partial charge is 0.481 e. The summed E-state index contributed by atoms with van der Waals surface area (Å²) in [5.74, 6) is -1.25. The van der Waals surface area contributed by atoms with Gasteiger partial charge < -0.3 is 14.7 Å². The number of carboxylic acid groups (broad SMARTS) is 1. The van der Waals surface area contributed by atoms with Gasteiger partial charge in [0, 0.05) is 13.1 Å². The molecule has 8 nitrogen and oxygen atoms in total. The summed E-state index contributed by atoms with van der Waals surface area (Å²) in [7, 11) is 0. The Morgan fingerprint density at radius 2 is 1.89 bits per heavy atom. The minimum atomic E-state index is -2.92. The first-order chi connectivity index (χ1) is 13.2. The van der Waals surface area contributed by atoms with Gasteiger partial charge in [0.2, 0.25) is 0 Å². The maximum atomic E-state index is 12.8. The molecule has 28 heavy (non-hydrogen) atoms. The van der Waals surface area contributed by atoms with Crippen molar-refractivity contribution in [1.29, 1.82) is 0 Å². The molecule has 0 atom stereocenters. The fraction of sp³-hybridized carbons (Fsp3) is 0.444. The zero-order chi connectivity index (χ0) is 20.8. The molecule has 1 aromatic heterocycles. The van der Waals surface area contributed by atoms with Crippen LogP contribution in [0.25, 0.3) is 5.69 Å². The third kappa shape index (κ3) is 5.48. The molecule has 0 unspecified atom stereocenters. The van der Waals surface area contributed by atoms with Crippen LogP contribution in [-0.4, -0.2) is 56.6 Å². The second kappa shape index (κ2) is 9.25. The number of amides is 1. The number of halogens is 2. The zero-order valence-electron chi connectivity index (χ0n) is 15.8. The van der Waals surface area contributed by atoms with Crippen LogP contribution in [-0.2, 0) is 4.79 Å². The first kappa shape index (κ1) is 21.3. The number of carboxylic acids is 1. The van der Waals surface area contributed by atoms with Crippen molar-refractivity contribution in [1.82, 2.24) is 19.9 Å². The number of alkyl halides is 2. The summed E-state index contributed by atoms with van der Waals surface area (Å²) in [6.07, 6.45) is -0.169. The maximum Gasteiger partial charge on any atom is 0.387 e. The second-order valence-corrected chi connectivity index (χ2v) is 6.60. The van der Waals surface area contributed by atoms with E-state index in [9.17, 15) is 18.4 Å². The van der Waals surface area contributed by atoms with Gasteiger partial charge >= 0.3 is 12.6 Å². The molecule has 0 aliphatic carbocycles. The molecule has 1 aromatic carbocycles. The summed E-state index contributed by atoms with van der Waals surface area (Å²) in [5.41, 5.74) is 1.09. The summed E-state index contributed by atoms with van der Waals surface area (Å²) in [4.78, 5) is 25.2. The van der Waals surface area contributed by atoms with Crippen molar-refractivity contribution in [2.75, 3.05) is 13.1 Å². The number of benzene rings is 1. The molecular formula is C18H22F2N4O4. The van der Waals surface area contributed by atoms with Crippen molar-refractivity contribution in [3.8, 4) is 11.4 Å². The van der Waals surface area contributed by atoms with Gasteiger partial charge in [-0.2, -0.15) is 8.78 Å². The molecule has 0 saturated heterocycles. The molecule has 0 radical (unpaired) electrons. The van der Waals surface area contributed by atoms with E-state index < -0.39 is 18.5 Å². The molecule has 2 aromatic rings. The smallest absolute Gasteiger partial charge is 0.387 e. The molecule has 0 spiro atoms. The molecule has 2 rings (SSSR count). The third-order valence-electron chi connectivity index (χ3n) is 3.87. The zero-order valence-corrected chi connectivity index (χ0v) is 15.8. The number of carbonyl (C=O) groups is 2. The first-order valence-corrected chi connectivity index (χ1v) is 8.67. The molecule has 10 heteroatoms. The SMILES string of the molecule is Cc1c(C(=O)N(CCC(=O)O)CC(C)C)nnn1-c1ccc(OC(F)F)cc1. The Hall–Kier alpha value is -3.04. The first-order valence-electron chi connectivity index (χ1n) is 8.67. The second-order valence-electron chi connectivity index (χ2n) is 6.60. The van der Waals surface area contributed by atoms with Crippen molar-refractivity contribution in [2.24, 2.45) is 5.92 Å². The van der Waals surface area contributed by atoms with Crippen LogP contribution in [0.15, 0.2) is 24.3 Å². The number of rotatable bonds is 9. The predicted molar refractivity (Wildman–Crippen MR) is 95.7 cm³/mol. The van der Waals surface area contributed by atoms with Gasteiger partial charge in [-0.3, -0.25) is 9.59 Å². The Morgan fingerprint density at radius 1 is 1.25 bits per heavy atom. The van der Waals surface area contributed by atoms with E-state index in [1.54, 1.807) is 6.92 Å². The molecule has 0 aliphatic rings. The van der Waals surface area contributed by atoms with Crippen molar-refractivity contribution >= 4 is 11.9 Å². The van der Waals surface area contributed by atoms with Crippen LogP contribution in [0.5, 0.6) is 5.75 Å². The fourth-order valence-electron chi connectivity index (χ4n) is 2.64. The Morgan fingerprint density at radius 3 is 2.43 bits per heavy atom. The topological polar surface area (TPSA) is 97.5 Å². The average Bonchev–Trinajstić information content (AvgIpc) is 2.99. The Balaban J connectivity index is 2.24. The number of carbonyl (C=O) groups excluding carboxylic acids is 1. The van der Waals surface area contributed by atoms with E-state index in [1.807, 2.05) is 13.8 Å². The molecule has 1 heterocycles. The van der Waals surface area contributed by atoms with E-state index in [1.165, 1.54) is 33.8 Å². The van der Waals surface area contributed by atoms with Crippen molar-refractivity contribution in [2.45, 2.75) is 33.8 Å². The lowest BCUT2D eigenvalue weighted by Gasteiger charge is -2.23. The van der Waals surface area contributed by atoms with Crippen LogP contribution < -0.4 is 4.74 Å². The van der Waals surface area contributed by atoms with Gasteiger partial charge in [-0.05, 0) is 37.1 Å². The van der Waals surface area contributed by atoms with Gasteiger partial charge in [0.05, 0.1) is 17.8 Å². The predicted octanol–water partition coefficient (Wildman–Crippen LogP) is 2.75. The van der Waals surface area contributed by atoms with E-state index in [0.29, 0.717) is 17.9 Å². The highest BCUT2D eigenvalue weighted by atomic mass is 19.3. The lowest BCUT2D eigenvalue weighted by molar-refractivity contribution is -0.137. The average molecular weight is 396 g/mol. The van der Waals surface area contributed by atoms with Gasteiger partial charge in [-0.25, -0.2) is 4.68 Å². The monoisotopic (exact) mass is 396 g/mol. The summed E-state index contributed by atoms with van der Waals surface area (Å²) in [6, 6.07) is 5.76. The molecule has 152 valence electrons. The Kier molecular flexibility index (Phi) is 7.02. The number of hydrogen-bond acceptors (Lipinski definition) is 5. The van der Waals surface area contributed by atoms with Crippen molar-refractivity contribution in [3.63, 3.8) is 0 Å². The van der Waals surface area contributed by atoms with Crippen LogP contribution in [0, 0.1) is 12.8 Å². The standard InChI is InChI=1S/C18H22F2N4O4/c1-11(2)10-23(9-8-15(25)26)17(27)16-12(3)24(22-21-16)13-4-6-14(7-5-13)28-18(19)20/h4-7,11,18H,8-10H2,1-3H3,(H,25,26). The van der Waals surface area contributed by atoms with Gasteiger partial charge in [-0.15, -0.1) is 5.10 Å². The van der Waals surface area contributed by atoms with E-state index in [-0.39, 0.29) is 30.3 Å². The maximum absolute atomic E-state index is 12.8. The van der Waals surface area contributed by atoms with Crippen LogP contribution >= 0.6 is 0 Å². The quantitative estimate of drug-likeness (QED) is 0.700. The minimum Gasteiger partial charge on any atom is -0.481 e. The number of hydrogen-bond donors (Lipinski definition) is 1. The Bertz CT molecular complexity index is 821. The number of ether oxygens (including phenoxy) is 1. The summed E-state index contributed by atoms with van der Waals surface area (Å²) in [5, 5.41) is 16.8. The lowest BCUT2D eigenvalue weighted by Crippen LogP contribution is -2.36.